The Labute approximate surface area is 141 Å². The van der Waals surface area contributed by atoms with Crippen LogP contribution in [0.5, 0.6) is 0 Å². The van der Waals surface area contributed by atoms with E-state index in [2.05, 4.69) is 30.3 Å². The van der Waals surface area contributed by atoms with Crippen LogP contribution in [0, 0.1) is 6.92 Å². The molecule has 0 aliphatic carbocycles. The van der Waals surface area contributed by atoms with E-state index in [0.717, 1.165) is 44.2 Å². The standard InChI is InChI=1S/C22H20O2/c1-14-11-12-15(18(13-14)22(2,3)23)16-8-6-10-20-21(16)17-7-4-5-9-19(17)24-20/h4-13,23H,1-3H3. The molecule has 24 heavy (non-hydrogen) atoms. The van der Waals surface area contributed by atoms with Gasteiger partial charge < -0.3 is 9.52 Å². The van der Waals surface area contributed by atoms with Gasteiger partial charge in [-0.2, -0.15) is 0 Å². The zero-order valence-electron chi connectivity index (χ0n) is 14.1. The second-order valence-electron chi connectivity index (χ2n) is 6.88. The summed E-state index contributed by atoms with van der Waals surface area (Å²) < 4.78 is 6.00. The van der Waals surface area contributed by atoms with E-state index < -0.39 is 5.60 Å². The zero-order chi connectivity index (χ0) is 16.9. The Morgan fingerprint density at radius 1 is 0.833 bits per heavy atom. The Morgan fingerprint density at radius 3 is 2.38 bits per heavy atom. The SMILES string of the molecule is Cc1ccc(-c2cccc3oc4ccccc4c23)c(C(C)(C)O)c1. The van der Waals surface area contributed by atoms with Crippen LogP contribution in [-0.4, -0.2) is 5.11 Å². The summed E-state index contributed by atoms with van der Waals surface area (Å²) in [5.74, 6) is 0. The zero-order valence-corrected chi connectivity index (χ0v) is 14.1. The maximum atomic E-state index is 10.7. The highest BCUT2D eigenvalue weighted by atomic mass is 16.3. The van der Waals surface area contributed by atoms with Gasteiger partial charge >= 0.3 is 0 Å². The molecule has 1 heterocycles. The van der Waals surface area contributed by atoms with Crippen molar-refractivity contribution in [2.75, 3.05) is 0 Å². The topological polar surface area (TPSA) is 33.4 Å². The maximum absolute atomic E-state index is 10.7. The molecule has 1 N–H and O–H groups in total. The summed E-state index contributed by atoms with van der Waals surface area (Å²) >= 11 is 0. The van der Waals surface area contributed by atoms with E-state index in [1.165, 1.54) is 0 Å². The Bertz CT molecular complexity index is 1050. The van der Waals surface area contributed by atoms with Gasteiger partial charge in [0.05, 0.1) is 5.60 Å². The third-order valence-corrected chi connectivity index (χ3v) is 4.53. The van der Waals surface area contributed by atoms with Gasteiger partial charge in [0.15, 0.2) is 0 Å². The van der Waals surface area contributed by atoms with Gasteiger partial charge in [0.25, 0.3) is 0 Å². The van der Waals surface area contributed by atoms with Gasteiger partial charge in [-0.1, -0.05) is 54.1 Å². The first-order chi connectivity index (χ1) is 11.4. The van der Waals surface area contributed by atoms with Crippen molar-refractivity contribution in [3.05, 3.63) is 71.8 Å². The lowest BCUT2D eigenvalue weighted by atomic mass is 9.87. The average Bonchev–Trinajstić information content (AvgIpc) is 2.92. The molecule has 0 radical (unpaired) electrons. The van der Waals surface area contributed by atoms with Gasteiger partial charge in [0, 0.05) is 10.8 Å². The van der Waals surface area contributed by atoms with E-state index >= 15 is 0 Å². The lowest BCUT2D eigenvalue weighted by Gasteiger charge is -2.23. The van der Waals surface area contributed by atoms with Crippen LogP contribution in [0.25, 0.3) is 33.1 Å². The molecule has 0 saturated carbocycles. The average molecular weight is 316 g/mol. The van der Waals surface area contributed by atoms with Gasteiger partial charge in [0.2, 0.25) is 0 Å². The minimum Gasteiger partial charge on any atom is -0.456 e. The molecule has 0 bridgehead atoms. The van der Waals surface area contributed by atoms with E-state index in [1.54, 1.807) is 0 Å². The van der Waals surface area contributed by atoms with Crippen molar-refractivity contribution in [3.8, 4) is 11.1 Å². The Hall–Kier alpha value is -2.58. The molecule has 2 nitrogen and oxygen atoms in total. The number of hydrogen-bond donors (Lipinski definition) is 1. The van der Waals surface area contributed by atoms with Gasteiger partial charge in [-0.25, -0.2) is 0 Å². The van der Waals surface area contributed by atoms with Crippen LogP contribution in [0.2, 0.25) is 0 Å². The molecular formula is C22H20O2. The van der Waals surface area contributed by atoms with E-state index in [-0.39, 0.29) is 0 Å². The van der Waals surface area contributed by atoms with Crippen LogP contribution in [0.4, 0.5) is 0 Å². The second kappa shape index (κ2) is 5.22. The van der Waals surface area contributed by atoms with E-state index in [0.29, 0.717) is 0 Å². The van der Waals surface area contributed by atoms with Crippen molar-refractivity contribution in [1.82, 2.24) is 0 Å². The number of hydrogen-bond acceptors (Lipinski definition) is 2. The van der Waals surface area contributed by atoms with Crippen LogP contribution >= 0.6 is 0 Å². The summed E-state index contributed by atoms with van der Waals surface area (Å²) in [7, 11) is 0. The number of benzene rings is 3. The Morgan fingerprint density at radius 2 is 1.58 bits per heavy atom. The molecule has 2 heteroatoms. The first-order valence-corrected chi connectivity index (χ1v) is 8.19. The minimum absolute atomic E-state index is 0.871. The monoisotopic (exact) mass is 316 g/mol. The highest BCUT2D eigenvalue weighted by molar-refractivity contribution is 6.12. The fourth-order valence-electron chi connectivity index (χ4n) is 3.40. The molecule has 120 valence electrons. The molecule has 0 atom stereocenters. The number of furan rings is 1. The molecule has 0 fully saturated rings. The van der Waals surface area contributed by atoms with Crippen molar-refractivity contribution in [3.63, 3.8) is 0 Å². The quantitative estimate of drug-likeness (QED) is 0.508. The number of aryl methyl sites for hydroxylation is 1. The van der Waals surface area contributed by atoms with Crippen molar-refractivity contribution >= 4 is 21.9 Å². The fraction of sp³-hybridized carbons (Fsp3) is 0.182. The smallest absolute Gasteiger partial charge is 0.136 e. The van der Waals surface area contributed by atoms with Crippen LogP contribution in [-0.2, 0) is 5.60 Å². The molecule has 0 aliphatic heterocycles. The number of fused-ring (bicyclic) bond motifs is 3. The first-order valence-electron chi connectivity index (χ1n) is 8.19. The molecule has 1 aromatic heterocycles. The Kier molecular flexibility index (Phi) is 3.26. The molecule has 4 aromatic rings. The second-order valence-corrected chi connectivity index (χ2v) is 6.88. The van der Waals surface area contributed by atoms with Gasteiger partial charge in [-0.05, 0) is 49.6 Å². The van der Waals surface area contributed by atoms with Crippen molar-refractivity contribution < 1.29 is 9.52 Å². The highest BCUT2D eigenvalue weighted by Crippen LogP contribution is 2.40. The van der Waals surface area contributed by atoms with Gasteiger partial charge in [-0.15, -0.1) is 0 Å². The maximum Gasteiger partial charge on any atom is 0.136 e. The summed E-state index contributed by atoms with van der Waals surface area (Å²) in [6, 6.07) is 20.4. The normalized spacial score (nSPS) is 12.2. The van der Waals surface area contributed by atoms with E-state index in [4.69, 9.17) is 4.42 Å². The third-order valence-electron chi connectivity index (χ3n) is 4.53. The van der Waals surface area contributed by atoms with Crippen molar-refractivity contribution in [2.45, 2.75) is 26.4 Å². The van der Waals surface area contributed by atoms with Gasteiger partial charge in [0.1, 0.15) is 11.2 Å². The fourth-order valence-corrected chi connectivity index (χ4v) is 3.40. The lowest BCUT2D eigenvalue weighted by Crippen LogP contribution is -2.17. The van der Waals surface area contributed by atoms with Crippen molar-refractivity contribution in [2.24, 2.45) is 0 Å². The van der Waals surface area contributed by atoms with Gasteiger partial charge in [-0.3, -0.25) is 0 Å². The molecular weight excluding hydrogens is 296 g/mol. The number of rotatable bonds is 2. The summed E-state index contributed by atoms with van der Waals surface area (Å²) in [5, 5.41) is 12.9. The largest absolute Gasteiger partial charge is 0.456 e. The molecule has 0 spiro atoms. The van der Waals surface area contributed by atoms with Crippen LogP contribution in [0.1, 0.15) is 25.0 Å². The highest BCUT2D eigenvalue weighted by Gasteiger charge is 2.23. The third kappa shape index (κ3) is 2.31. The first kappa shape index (κ1) is 15.0. The minimum atomic E-state index is -0.914. The molecule has 0 aliphatic rings. The molecule has 4 rings (SSSR count). The number of para-hydroxylation sites is 1. The van der Waals surface area contributed by atoms with E-state index in [1.807, 2.05) is 51.1 Å². The number of aliphatic hydroxyl groups is 1. The predicted octanol–water partition coefficient (Wildman–Crippen LogP) is 5.79. The summed E-state index contributed by atoms with van der Waals surface area (Å²) in [5.41, 5.74) is 5.05. The molecule has 0 amide bonds. The Balaban J connectivity index is 2.12. The molecule has 0 unspecified atom stereocenters. The van der Waals surface area contributed by atoms with Crippen LogP contribution in [0.15, 0.2) is 65.1 Å². The van der Waals surface area contributed by atoms with E-state index in [9.17, 15) is 5.11 Å². The molecule has 3 aromatic carbocycles. The van der Waals surface area contributed by atoms with Crippen LogP contribution in [0.3, 0.4) is 0 Å². The predicted molar refractivity (Wildman–Crippen MR) is 99.1 cm³/mol. The summed E-state index contributed by atoms with van der Waals surface area (Å²) in [4.78, 5) is 0. The summed E-state index contributed by atoms with van der Waals surface area (Å²) in [6.45, 7) is 5.71. The summed E-state index contributed by atoms with van der Waals surface area (Å²) in [6.07, 6.45) is 0. The molecule has 0 saturated heterocycles. The lowest BCUT2D eigenvalue weighted by molar-refractivity contribution is 0.0791. The van der Waals surface area contributed by atoms with Crippen molar-refractivity contribution in [1.29, 1.82) is 0 Å². The van der Waals surface area contributed by atoms with Crippen LogP contribution < -0.4 is 0 Å².